The Morgan fingerprint density at radius 2 is 2.04 bits per heavy atom. The Morgan fingerprint density at radius 3 is 2.68 bits per heavy atom. The monoisotopic (exact) mass is 384 g/mol. The van der Waals surface area contributed by atoms with E-state index in [0.29, 0.717) is 17.0 Å². The number of rotatable bonds is 6. The minimum atomic E-state index is -1.13. The highest BCUT2D eigenvalue weighted by Crippen LogP contribution is 2.22. The molecule has 0 aromatic carbocycles. The lowest BCUT2D eigenvalue weighted by atomic mass is 10.1. The number of nitrogens with one attached hydrogen (secondary N) is 1. The zero-order valence-electron chi connectivity index (χ0n) is 15.9. The predicted octanol–water partition coefficient (Wildman–Crippen LogP) is 2.08. The summed E-state index contributed by atoms with van der Waals surface area (Å²) in [5, 5.41) is 23.9. The number of aromatic nitrogens is 5. The molecule has 0 aliphatic carbocycles. The maximum atomic E-state index is 12.6. The maximum Gasteiger partial charge on any atom is 0.354 e. The van der Waals surface area contributed by atoms with Crippen molar-refractivity contribution in [1.29, 1.82) is 0 Å². The molecule has 2 atom stereocenters. The first kappa shape index (κ1) is 19.2. The van der Waals surface area contributed by atoms with Crippen LogP contribution in [0.1, 0.15) is 53.4 Å². The van der Waals surface area contributed by atoms with Gasteiger partial charge in [0.15, 0.2) is 0 Å². The number of carbonyl (C=O) groups is 2. The Bertz CT molecular complexity index is 1010. The lowest BCUT2D eigenvalue weighted by Crippen LogP contribution is -2.33. The lowest BCUT2D eigenvalue weighted by Gasteiger charge is -2.17. The van der Waals surface area contributed by atoms with E-state index < -0.39 is 12.0 Å². The molecule has 3 aromatic rings. The van der Waals surface area contributed by atoms with Gasteiger partial charge in [-0.3, -0.25) is 4.79 Å². The summed E-state index contributed by atoms with van der Waals surface area (Å²) in [4.78, 5) is 27.5. The largest absolute Gasteiger partial charge is 0.477 e. The van der Waals surface area contributed by atoms with Crippen LogP contribution in [0.15, 0.2) is 29.0 Å². The first-order valence-corrected chi connectivity index (χ1v) is 8.62. The molecule has 146 valence electrons. The van der Waals surface area contributed by atoms with Gasteiger partial charge in [0.1, 0.15) is 23.2 Å². The van der Waals surface area contributed by atoms with Crippen molar-refractivity contribution in [3.63, 3.8) is 0 Å². The van der Waals surface area contributed by atoms with Gasteiger partial charge in [-0.15, -0.1) is 5.10 Å². The standard InChI is InChI=1S/C18H20N6O4/c1-9(16-10(2)22-28-12(16)4)20-17(25)11(3)24-8-15(21-23-24)13-5-6-19-14(7-13)18(26)27/h5-9,11H,1-4H3,(H,20,25)(H,26,27). The van der Waals surface area contributed by atoms with E-state index in [0.717, 1.165) is 11.3 Å². The van der Waals surface area contributed by atoms with Crippen molar-refractivity contribution in [2.75, 3.05) is 0 Å². The van der Waals surface area contributed by atoms with Crippen LogP contribution in [-0.4, -0.2) is 42.1 Å². The van der Waals surface area contributed by atoms with Gasteiger partial charge >= 0.3 is 5.97 Å². The molecule has 0 aliphatic heterocycles. The first-order valence-electron chi connectivity index (χ1n) is 8.62. The summed E-state index contributed by atoms with van der Waals surface area (Å²) in [5.41, 5.74) is 2.48. The molecular formula is C18H20N6O4. The molecular weight excluding hydrogens is 364 g/mol. The molecule has 3 rings (SSSR count). The fourth-order valence-electron chi connectivity index (χ4n) is 2.94. The van der Waals surface area contributed by atoms with Crippen LogP contribution in [0.2, 0.25) is 0 Å². The van der Waals surface area contributed by atoms with Gasteiger partial charge in [-0.2, -0.15) is 0 Å². The highest BCUT2D eigenvalue weighted by molar-refractivity contribution is 5.86. The topological polar surface area (TPSA) is 136 Å². The van der Waals surface area contributed by atoms with Crippen LogP contribution in [0.4, 0.5) is 0 Å². The molecule has 0 aliphatic rings. The summed E-state index contributed by atoms with van der Waals surface area (Å²) in [5.74, 6) is -0.715. The average Bonchev–Trinajstić information content (AvgIpc) is 3.28. The van der Waals surface area contributed by atoms with Crippen molar-refractivity contribution in [1.82, 2.24) is 30.5 Å². The number of pyridine rings is 1. The Balaban J connectivity index is 1.75. The van der Waals surface area contributed by atoms with Crippen molar-refractivity contribution in [2.45, 2.75) is 39.8 Å². The van der Waals surface area contributed by atoms with Crippen LogP contribution >= 0.6 is 0 Å². The van der Waals surface area contributed by atoms with Crippen LogP contribution in [0.25, 0.3) is 11.3 Å². The maximum absolute atomic E-state index is 12.6. The minimum Gasteiger partial charge on any atom is -0.477 e. The zero-order chi connectivity index (χ0) is 20.4. The number of carboxylic acid groups (broad SMARTS) is 1. The molecule has 3 aromatic heterocycles. The van der Waals surface area contributed by atoms with Gasteiger partial charge in [-0.05, 0) is 39.8 Å². The quantitative estimate of drug-likeness (QED) is 0.659. The number of hydrogen-bond acceptors (Lipinski definition) is 7. The van der Waals surface area contributed by atoms with E-state index in [1.807, 2.05) is 13.8 Å². The second-order valence-electron chi connectivity index (χ2n) is 6.46. The van der Waals surface area contributed by atoms with Gasteiger partial charge in [0.25, 0.3) is 0 Å². The normalized spacial score (nSPS) is 13.1. The number of hydrogen-bond donors (Lipinski definition) is 2. The van der Waals surface area contributed by atoms with Crippen molar-refractivity contribution < 1.29 is 19.2 Å². The Kier molecular flexibility index (Phi) is 5.21. The molecule has 0 spiro atoms. The third kappa shape index (κ3) is 3.75. The number of amides is 1. The highest BCUT2D eigenvalue weighted by atomic mass is 16.5. The molecule has 10 heteroatoms. The van der Waals surface area contributed by atoms with Crippen molar-refractivity contribution in [3.8, 4) is 11.3 Å². The summed E-state index contributed by atoms with van der Waals surface area (Å²) in [6.45, 7) is 7.17. The number of aryl methyl sites for hydroxylation is 2. The smallest absolute Gasteiger partial charge is 0.354 e. The molecule has 2 unspecified atom stereocenters. The third-order valence-corrected chi connectivity index (χ3v) is 4.44. The molecule has 0 fully saturated rings. The van der Waals surface area contributed by atoms with Gasteiger partial charge < -0.3 is 14.9 Å². The highest BCUT2D eigenvalue weighted by Gasteiger charge is 2.23. The number of carbonyl (C=O) groups excluding carboxylic acids is 1. The van der Waals surface area contributed by atoms with Crippen molar-refractivity contribution >= 4 is 11.9 Å². The molecule has 0 saturated carbocycles. The molecule has 28 heavy (non-hydrogen) atoms. The van der Waals surface area contributed by atoms with Crippen LogP contribution in [0.5, 0.6) is 0 Å². The summed E-state index contributed by atoms with van der Waals surface area (Å²) in [7, 11) is 0. The second-order valence-corrected chi connectivity index (χ2v) is 6.46. The number of carboxylic acids is 1. The molecule has 1 amide bonds. The number of aromatic carboxylic acids is 1. The van der Waals surface area contributed by atoms with Crippen LogP contribution in [-0.2, 0) is 4.79 Å². The van der Waals surface area contributed by atoms with Gasteiger partial charge in [0, 0.05) is 17.3 Å². The number of nitrogens with zero attached hydrogens (tertiary/aromatic N) is 5. The molecule has 0 saturated heterocycles. The Labute approximate surface area is 160 Å². The third-order valence-electron chi connectivity index (χ3n) is 4.44. The van der Waals surface area contributed by atoms with Crippen LogP contribution in [0, 0.1) is 13.8 Å². The van der Waals surface area contributed by atoms with E-state index in [-0.39, 0.29) is 17.6 Å². The van der Waals surface area contributed by atoms with E-state index >= 15 is 0 Å². The molecule has 10 nitrogen and oxygen atoms in total. The molecule has 0 radical (unpaired) electrons. The summed E-state index contributed by atoms with van der Waals surface area (Å²) >= 11 is 0. The van der Waals surface area contributed by atoms with Gasteiger partial charge in [-0.25, -0.2) is 14.5 Å². The van der Waals surface area contributed by atoms with E-state index in [4.69, 9.17) is 9.63 Å². The minimum absolute atomic E-state index is 0.0915. The fourth-order valence-corrected chi connectivity index (χ4v) is 2.94. The Morgan fingerprint density at radius 1 is 1.29 bits per heavy atom. The summed E-state index contributed by atoms with van der Waals surface area (Å²) < 4.78 is 6.57. The van der Waals surface area contributed by atoms with E-state index in [1.165, 1.54) is 16.9 Å². The average molecular weight is 384 g/mol. The van der Waals surface area contributed by atoms with Gasteiger partial charge in [0.05, 0.1) is 17.9 Å². The molecule has 2 N–H and O–H groups in total. The van der Waals surface area contributed by atoms with E-state index in [9.17, 15) is 9.59 Å². The molecule has 3 heterocycles. The first-order chi connectivity index (χ1) is 13.3. The van der Waals surface area contributed by atoms with Crippen LogP contribution in [0.3, 0.4) is 0 Å². The van der Waals surface area contributed by atoms with Crippen molar-refractivity contribution in [2.24, 2.45) is 0 Å². The Hall–Kier alpha value is -3.56. The zero-order valence-corrected chi connectivity index (χ0v) is 15.9. The van der Waals surface area contributed by atoms with Gasteiger partial charge in [-0.1, -0.05) is 10.4 Å². The SMILES string of the molecule is Cc1noc(C)c1C(C)NC(=O)C(C)n1cc(-c2ccnc(C(=O)O)c2)nn1. The van der Waals surface area contributed by atoms with Crippen molar-refractivity contribution in [3.05, 3.63) is 47.2 Å². The fraction of sp³-hybridized carbons (Fsp3) is 0.333. The lowest BCUT2D eigenvalue weighted by molar-refractivity contribution is -0.124. The summed E-state index contributed by atoms with van der Waals surface area (Å²) in [6, 6.07) is 2.14. The van der Waals surface area contributed by atoms with E-state index in [1.54, 1.807) is 26.1 Å². The molecule has 0 bridgehead atoms. The van der Waals surface area contributed by atoms with Gasteiger partial charge in [0.2, 0.25) is 5.91 Å². The second kappa shape index (κ2) is 7.59. The predicted molar refractivity (Wildman–Crippen MR) is 97.5 cm³/mol. The van der Waals surface area contributed by atoms with E-state index in [2.05, 4.69) is 25.8 Å². The van der Waals surface area contributed by atoms with Crippen LogP contribution < -0.4 is 5.32 Å². The summed E-state index contributed by atoms with van der Waals surface area (Å²) in [6.07, 6.45) is 2.98.